The third-order valence-electron chi connectivity index (χ3n) is 14.3. The van der Waals surface area contributed by atoms with Crippen LogP contribution in [0.1, 0.15) is 74.9 Å². The third kappa shape index (κ3) is 5.34. The second kappa shape index (κ2) is 13.5. The first-order valence-electron chi connectivity index (χ1n) is 22.4. The van der Waals surface area contributed by atoms with E-state index in [4.69, 9.17) is 0 Å². The number of hydrogen-bond donors (Lipinski definition) is 0. The van der Waals surface area contributed by atoms with Gasteiger partial charge in [0.15, 0.2) is 0 Å². The molecule has 12 rings (SSSR count). The van der Waals surface area contributed by atoms with Crippen LogP contribution in [0.25, 0.3) is 121 Å². The lowest BCUT2D eigenvalue weighted by molar-refractivity contribution is 0.588. The molecule has 308 valence electrons. The van der Waals surface area contributed by atoms with E-state index in [9.17, 15) is 21.0 Å². The fourth-order valence-electron chi connectivity index (χ4n) is 11.3. The first kappa shape index (κ1) is 39.1. The summed E-state index contributed by atoms with van der Waals surface area (Å²) in [6, 6.07) is 57.4. The highest BCUT2D eigenvalue weighted by molar-refractivity contribution is 6.29. The Morgan fingerprint density at radius 3 is 0.879 bits per heavy atom. The van der Waals surface area contributed by atoms with Gasteiger partial charge in [-0.3, -0.25) is 0 Å². The van der Waals surface area contributed by atoms with Crippen LogP contribution in [0.4, 0.5) is 0 Å². The van der Waals surface area contributed by atoms with Crippen LogP contribution in [0.15, 0.2) is 133 Å². The average molecular weight is 841 g/mol. The van der Waals surface area contributed by atoms with Gasteiger partial charge >= 0.3 is 0 Å². The molecule has 66 heavy (non-hydrogen) atoms. The second-order valence-electron chi connectivity index (χ2n) is 20.1. The van der Waals surface area contributed by atoms with Crippen molar-refractivity contribution in [3.05, 3.63) is 167 Å². The van der Waals surface area contributed by atoms with Gasteiger partial charge in [-0.2, -0.15) is 21.0 Å². The van der Waals surface area contributed by atoms with E-state index >= 15 is 0 Å². The molecule has 0 aliphatic heterocycles. The van der Waals surface area contributed by atoms with Gasteiger partial charge in [-0.1, -0.05) is 114 Å². The number of hydrogen-bond acceptors (Lipinski definition) is 4. The maximum atomic E-state index is 10.9. The van der Waals surface area contributed by atoms with Crippen molar-refractivity contribution in [2.45, 2.75) is 52.4 Å². The van der Waals surface area contributed by atoms with Crippen molar-refractivity contribution < 1.29 is 0 Å². The summed E-state index contributed by atoms with van der Waals surface area (Å²) in [5.41, 5.74) is 15.6. The lowest BCUT2D eigenvalue weighted by Crippen LogP contribution is -2.14. The standard InChI is InChI=1S/C62H40N4/c1-61(2,3)57-27-43(35(29-63)19-37(57)31-65)49-25-55-54-24-48-42-18-10-14-34-12-8-16-40(60(34)42)46(48)22-52(54)50(44-28-58(62(4,5)6)38(32-66)20-36(44)30-64)26-56(55)53-23-47-41-17-9-13-33-11-7-15-39(59(33)41)45(47)21-51(49)53/h7-28H,1-6H3. The van der Waals surface area contributed by atoms with E-state index in [1.165, 1.54) is 43.8 Å². The fourth-order valence-corrected chi connectivity index (χ4v) is 11.3. The third-order valence-corrected chi connectivity index (χ3v) is 14.3. The van der Waals surface area contributed by atoms with Crippen LogP contribution in [0.5, 0.6) is 0 Å². The van der Waals surface area contributed by atoms with Crippen molar-refractivity contribution in [3.63, 3.8) is 0 Å². The molecule has 0 radical (unpaired) electrons. The monoisotopic (exact) mass is 840 g/mol. The number of nitrogens with zero attached hydrogens (tertiary/aromatic N) is 4. The molecule has 4 heteroatoms. The van der Waals surface area contributed by atoms with Crippen LogP contribution in [0.3, 0.4) is 0 Å². The normalized spacial score (nSPS) is 12.3. The van der Waals surface area contributed by atoms with E-state index < -0.39 is 0 Å². The minimum Gasteiger partial charge on any atom is -0.192 e. The summed E-state index contributed by atoms with van der Waals surface area (Å²) in [5, 5.41) is 53.5. The van der Waals surface area contributed by atoms with Crippen LogP contribution in [-0.4, -0.2) is 0 Å². The molecule has 10 aromatic rings. The summed E-state index contributed by atoms with van der Waals surface area (Å²) in [7, 11) is 0. The Morgan fingerprint density at radius 2 is 0.576 bits per heavy atom. The topological polar surface area (TPSA) is 95.2 Å². The zero-order valence-electron chi connectivity index (χ0n) is 37.5. The molecule has 0 amide bonds. The number of rotatable bonds is 2. The van der Waals surface area contributed by atoms with E-state index in [1.807, 2.05) is 0 Å². The van der Waals surface area contributed by atoms with Crippen molar-refractivity contribution in [3.8, 4) is 91.0 Å². The predicted molar refractivity (Wildman–Crippen MR) is 270 cm³/mol. The molecule has 0 bridgehead atoms. The molecule has 0 unspecified atom stereocenters. The van der Waals surface area contributed by atoms with Crippen molar-refractivity contribution in [2.24, 2.45) is 0 Å². The smallest absolute Gasteiger partial charge is 0.0998 e. The highest BCUT2D eigenvalue weighted by Gasteiger charge is 2.30. The van der Waals surface area contributed by atoms with Crippen LogP contribution < -0.4 is 0 Å². The van der Waals surface area contributed by atoms with Crippen molar-refractivity contribution in [1.29, 1.82) is 21.0 Å². The van der Waals surface area contributed by atoms with Gasteiger partial charge in [0.05, 0.1) is 46.5 Å². The zero-order valence-corrected chi connectivity index (χ0v) is 37.5. The van der Waals surface area contributed by atoms with Crippen LogP contribution in [0.2, 0.25) is 0 Å². The Kier molecular flexibility index (Phi) is 7.99. The number of nitriles is 4. The molecule has 0 atom stereocenters. The average Bonchev–Trinajstić information content (AvgIpc) is 3.81. The Morgan fingerprint density at radius 1 is 0.288 bits per heavy atom. The van der Waals surface area contributed by atoms with Gasteiger partial charge in [-0.05, 0) is 192 Å². The van der Waals surface area contributed by atoms with Crippen LogP contribution in [0, 0.1) is 45.3 Å². The summed E-state index contributed by atoms with van der Waals surface area (Å²) in [6.45, 7) is 12.7. The predicted octanol–water partition coefficient (Wildman–Crippen LogP) is 16.2. The minimum absolute atomic E-state index is 0.372. The Labute approximate surface area is 383 Å². The maximum Gasteiger partial charge on any atom is 0.0998 e. The Balaban J connectivity index is 1.31. The molecule has 0 spiro atoms. The second-order valence-corrected chi connectivity index (χ2v) is 20.1. The lowest BCUT2D eigenvalue weighted by atomic mass is 9.78. The highest BCUT2D eigenvalue weighted by Crippen LogP contribution is 2.54. The molecule has 0 N–H and O–H groups in total. The molecular weight excluding hydrogens is 801 g/mol. The van der Waals surface area contributed by atoms with E-state index in [0.717, 1.165) is 88.0 Å². The van der Waals surface area contributed by atoms with E-state index in [2.05, 4.69) is 187 Å². The van der Waals surface area contributed by atoms with E-state index in [-0.39, 0.29) is 10.8 Å². The van der Waals surface area contributed by atoms with E-state index in [0.29, 0.717) is 22.3 Å². The van der Waals surface area contributed by atoms with Crippen molar-refractivity contribution in [2.75, 3.05) is 0 Å². The van der Waals surface area contributed by atoms with Gasteiger partial charge in [0, 0.05) is 11.1 Å². The van der Waals surface area contributed by atoms with Crippen molar-refractivity contribution >= 4 is 53.9 Å². The molecule has 4 nitrogen and oxygen atoms in total. The lowest BCUT2D eigenvalue weighted by Gasteiger charge is -2.24. The Bertz CT molecular complexity index is 3830. The summed E-state index contributed by atoms with van der Waals surface area (Å²) in [4.78, 5) is 0. The molecule has 2 aliphatic rings. The Hall–Kier alpha value is -8.54. The summed E-state index contributed by atoms with van der Waals surface area (Å²) < 4.78 is 0. The quantitative estimate of drug-likeness (QED) is 0.162. The van der Waals surface area contributed by atoms with Gasteiger partial charge in [0.1, 0.15) is 0 Å². The van der Waals surface area contributed by atoms with Crippen molar-refractivity contribution in [1.82, 2.24) is 0 Å². The van der Waals surface area contributed by atoms with Gasteiger partial charge in [0.25, 0.3) is 0 Å². The molecule has 0 saturated heterocycles. The SMILES string of the molecule is CC(C)(C)c1cc(-c2cc3c4cc5c(cc4c(-c4cc(C(C)(C)C)c(C#N)cc4C#N)cc3c3cc4c(cc23)-c2cccc3cccc-4c23)-c2cccc3cccc-5c23)c(C#N)cc1C#N. The minimum atomic E-state index is -0.372. The molecule has 2 aliphatic carbocycles. The molecule has 0 heterocycles. The maximum absolute atomic E-state index is 10.9. The van der Waals surface area contributed by atoms with Gasteiger partial charge in [-0.25, -0.2) is 0 Å². The summed E-state index contributed by atoms with van der Waals surface area (Å²) in [5.74, 6) is 0. The van der Waals surface area contributed by atoms with Gasteiger partial charge < -0.3 is 0 Å². The molecule has 0 saturated carbocycles. The zero-order chi connectivity index (χ0) is 45.6. The van der Waals surface area contributed by atoms with Crippen LogP contribution in [-0.2, 0) is 10.8 Å². The first-order valence-corrected chi connectivity index (χ1v) is 22.4. The summed E-state index contributed by atoms with van der Waals surface area (Å²) >= 11 is 0. The van der Waals surface area contributed by atoms with Gasteiger partial charge in [0.2, 0.25) is 0 Å². The first-order chi connectivity index (χ1) is 31.8. The fraction of sp³-hybridized carbons (Fsp3) is 0.129. The number of benzene rings is 10. The molecule has 0 fully saturated rings. The number of fused-ring (bicyclic) bond motifs is 11. The molecular formula is C62H40N4. The van der Waals surface area contributed by atoms with Gasteiger partial charge in [-0.15, -0.1) is 0 Å². The van der Waals surface area contributed by atoms with Crippen LogP contribution >= 0.6 is 0 Å². The molecule has 10 aromatic carbocycles. The van der Waals surface area contributed by atoms with E-state index in [1.54, 1.807) is 12.1 Å². The largest absolute Gasteiger partial charge is 0.192 e. The highest BCUT2D eigenvalue weighted by atomic mass is 14.4. The molecule has 0 aromatic heterocycles. The summed E-state index contributed by atoms with van der Waals surface area (Å²) in [6.07, 6.45) is 0.